The van der Waals surface area contributed by atoms with Crippen molar-refractivity contribution in [2.45, 2.75) is 19.9 Å². The van der Waals surface area contributed by atoms with Crippen molar-refractivity contribution in [1.29, 1.82) is 0 Å². The summed E-state index contributed by atoms with van der Waals surface area (Å²) in [5.41, 5.74) is 3.07. The third-order valence-electron chi connectivity index (χ3n) is 3.39. The molecule has 0 radical (unpaired) electrons. The van der Waals surface area contributed by atoms with Crippen LogP contribution in [0.1, 0.15) is 25.6 Å². The number of hydrogen-bond donors (Lipinski definition) is 2. The quantitative estimate of drug-likeness (QED) is 0.818. The molecule has 5 nitrogen and oxygen atoms in total. The lowest BCUT2D eigenvalue weighted by Crippen LogP contribution is -2.25. The average Bonchev–Trinajstić information content (AvgIpc) is 2.54. The fraction of sp³-hybridized carbons (Fsp3) is 0.375. The summed E-state index contributed by atoms with van der Waals surface area (Å²) in [4.78, 5) is 10.5. The molecule has 0 saturated heterocycles. The van der Waals surface area contributed by atoms with Crippen molar-refractivity contribution in [1.82, 2.24) is 9.97 Å². The van der Waals surface area contributed by atoms with Gasteiger partial charge in [-0.1, -0.05) is 0 Å². The van der Waals surface area contributed by atoms with Gasteiger partial charge in [-0.25, -0.2) is 0 Å². The summed E-state index contributed by atoms with van der Waals surface area (Å²) in [5, 5.41) is 12.5. The normalized spacial score (nSPS) is 12.0. The minimum atomic E-state index is 0.101. The highest BCUT2D eigenvalue weighted by atomic mass is 16.3. The Labute approximate surface area is 125 Å². The summed E-state index contributed by atoms with van der Waals surface area (Å²) in [6.07, 6.45) is 5.14. The van der Waals surface area contributed by atoms with Crippen molar-refractivity contribution in [3.8, 4) is 0 Å². The Kier molecular flexibility index (Phi) is 5.51. The van der Waals surface area contributed by atoms with Crippen LogP contribution in [0.5, 0.6) is 0 Å². The fourth-order valence-electron chi connectivity index (χ4n) is 2.22. The van der Waals surface area contributed by atoms with E-state index in [9.17, 15) is 0 Å². The summed E-state index contributed by atoms with van der Waals surface area (Å²) in [6, 6.07) is 8.31. The first-order chi connectivity index (χ1) is 10.2. The first-order valence-corrected chi connectivity index (χ1v) is 7.23. The lowest BCUT2D eigenvalue weighted by molar-refractivity contribution is 0.302. The molecule has 2 aromatic rings. The summed E-state index contributed by atoms with van der Waals surface area (Å²) in [7, 11) is 0. The van der Waals surface area contributed by atoms with Gasteiger partial charge >= 0.3 is 0 Å². The molecule has 0 amide bonds. The van der Waals surface area contributed by atoms with Crippen LogP contribution < -0.4 is 10.2 Å². The first kappa shape index (κ1) is 15.3. The molecule has 1 aromatic carbocycles. The second-order valence-electron chi connectivity index (χ2n) is 4.85. The molecule has 2 N–H and O–H groups in total. The number of rotatable bonds is 7. The van der Waals surface area contributed by atoms with Gasteiger partial charge in [-0.15, -0.1) is 0 Å². The number of nitrogens with one attached hydrogen (secondary N) is 1. The molecule has 1 aromatic heterocycles. The molecule has 2 rings (SSSR count). The van der Waals surface area contributed by atoms with Gasteiger partial charge in [-0.2, -0.15) is 0 Å². The Morgan fingerprint density at radius 2 is 2.00 bits per heavy atom. The van der Waals surface area contributed by atoms with E-state index in [-0.39, 0.29) is 12.6 Å². The highest BCUT2D eigenvalue weighted by Crippen LogP contribution is 2.21. The van der Waals surface area contributed by atoms with Gasteiger partial charge in [0.05, 0.1) is 24.5 Å². The van der Waals surface area contributed by atoms with E-state index in [1.54, 1.807) is 18.6 Å². The number of benzene rings is 1. The molecular formula is C16H22N4O. The van der Waals surface area contributed by atoms with Crippen LogP contribution in [0.3, 0.4) is 0 Å². The van der Waals surface area contributed by atoms with Gasteiger partial charge in [-0.3, -0.25) is 9.97 Å². The molecule has 0 fully saturated rings. The molecule has 1 unspecified atom stereocenters. The highest BCUT2D eigenvalue weighted by Gasteiger charge is 2.07. The third kappa shape index (κ3) is 4.16. The van der Waals surface area contributed by atoms with E-state index >= 15 is 0 Å². The molecule has 0 saturated carbocycles. The second-order valence-corrected chi connectivity index (χ2v) is 4.85. The summed E-state index contributed by atoms with van der Waals surface area (Å²) in [6.45, 7) is 5.83. The molecule has 0 bridgehead atoms. The Hall–Kier alpha value is -2.14. The Morgan fingerprint density at radius 1 is 1.24 bits per heavy atom. The largest absolute Gasteiger partial charge is 0.395 e. The summed E-state index contributed by atoms with van der Waals surface area (Å²) in [5.74, 6) is 0. The molecule has 0 spiro atoms. The van der Waals surface area contributed by atoms with E-state index in [0.717, 1.165) is 23.6 Å². The van der Waals surface area contributed by atoms with Gasteiger partial charge in [0.25, 0.3) is 0 Å². The van der Waals surface area contributed by atoms with Gasteiger partial charge in [0, 0.05) is 36.9 Å². The van der Waals surface area contributed by atoms with Crippen molar-refractivity contribution in [3.63, 3.8) is 0 Å². The van der Waals surface area contributed by atoms with Crippen LogP contribution in [0, 0.1) is 0 Å². The van der Waals surface area contributed by atoms with Crippen LogP contribution in [0.2, 0.25) is 0 Å². The predicted octanol–water partition coefficient (Wildman–Crippen LogP) is 2.47. The summed E-state index contributed by atoms with van der Waals surface area (Å²) >= 11 is 0. The Bertz CT molecular complexity index is 530. The van der Waals surface area contributed by atoms with Crippen molar-refractivity contribution >= 4 is 11.4 Å². The zero-order valence-electron chi connectivity index (χ0n) is 12.5. The van der Waals surface area contributed by atoms with E-state index in [4.69, 9.17) is 5.11 Å². The van der Waals surface area contributed by atoms with Crippen molar-refractivity contribution in [2.75, 3.05) is 29.9 Å². The minimum Gasteiger partial charge on any atom is -0.395 e. The number of aliphatic hydroxyl groups is 1. The van der Waals surface area contributed by atoms with Gasteiger partial charge < -0.3 is 15.3 Å². The monoisotopic (exact) mass is 286 g/mol. The van der Waals surface area contributed by atoms with Gasteiger partial charge in [0.1, 0.15) is 0 Å². The van der Waals surface area contributed by atoms with E-state index < -0.39 is 0 Å². The van der Waals surface area contributed by atoms with Gasteiger partial charge in [-0.05, 0) is 38.1 Å². The Morgan fingerprint density at radius 3 is 2.57 bits per heavy atom. The van der Waals surface area contributed by atoms with E-state index in [0.29, 0.717) is 6.54 Å². The maximum absolute atomic E-state index is 9.06. The van der Waals surface area contributed by atoms with Crippen molar-refractivity contribution < 1.29 is 5.11 Å². The van der Waals surface area contributed by atoms with Gasteiger partial charge in [0.2, 0.25) is 0 Å². The van der Waals surface area contributed by atoms with E-state index in [2.05, 4.69) is 46.2 Å². The minimum absolute atomic E-state index is 0.101. The number of anilines is 2. The molecule has 112 valence electrons. The van der Waals surface area contributed by atoms with Crippen LogP contribution in [0.4, 0.5) is 11.4 Å². The Balaban J connectivity index is 2.02. The van der Waals surface area contributed by atoms with Crippen LogP contribution >= 0.6 is 0 Å². The van der Waals surface area contributed by atoms with Crippen molar-refractivity contribution in [2.24, 2.45) is 0 Å². The second kappa shape index (κ2) is 7.59. The molecular weight excluding hydrogens is 264 g/mol. The average molecular weight is 286 g/mol. The maximum atomic E-state index is 9.06. The maximum Gasteiger partial charge on any atom is 0.0806 e. The molecule has 5 heteroatoms. The third-order valence-corrected chi connectivity index (χ3v) is 3.39. The number of aromatic nitrogens is 2. The number of nitrogens with zero attached hydrogens (tertiary/aromatic N) is 3. The molecule has 21 heavy (non-hydrogen) atoms. The van der Waals surface area contributed by atoms with Crippen LogP contribution in [0.25, 0.3) is 0 Å². The standard InChI is InChI=1S/C16H22N4O/c1-3-20(10-11-21)15-6-4-14(5-7-15)19-13(2)16-12-17-8-9-18-16/h4-9,12-13,19,21H,3,10-11H2,1-2H3. The molecule has 1 heterocycles. The lowest BCUT2D eigenvalue weighted by atomic mass is 10.2. The van der Waals surface area contributed by atoms with E-state index in [1.165, 1.54) is 0 Å². The first-order valence-electron chi connectivity index (χ1n) is 7.23. The van der Waals surface area contributed by atoms with Crippen LogP contribution in [-0.2, 0) is 0 Å². The molecule has 0 aliphatic heterocycles. The molecule has 1 atom stereocenters. The molecule has 0 aliphatic rings. The van der Waals surface area contributed by atoms with Gasteiger partial charge in [0.15, 0.2) is 0 Å². The van der Waals surface area contributed by atoms with Crippen LogP contribution in [0.15, 0.2) is 42.9 Å². The number of likely N-dealkylation sites (N-methyl/N-ethyl adjacent to an activating group) is 1. The number of aliphatic hydroxyl groups excluding tert-OH is 1. The van der Waals surface area contributed by atoms with Crippen LogP contribution in [-0.4, -0.2) is 34.8 Å². The zero-order valence-corrected chi connectivity index (χ0v) is 12.5. The highest BCUT2D eigenvalue weighted by molar-refractivity contribution is 5.55. The topological polar surface area (TPSA) is 61.3 Å². The summed E-state index contributed by atoms with van der Waals surface area (Å²) < 4.78 is 0. The smallest absolute Gasteiger partial charge is 0.0806 e. The zero-order chi connectivity index (χ0) is 15.1. The number of hydrogen-bond acceptors (Lipinski definition) is 5. The lowest BCUT2D eigenvalue weighted by Gasteiger charge is -2.22. The fourth-order valence-corrected chi connectivity index (χ4v) is 2.22. The predicted molar refractivity (Wildman–Crippen MR) is 85.5 cm³/mol. The van der Waals surface area contributed by atoms with Crippen molar-refractivity contribution in [3.05, 3.63) is 48.5 Å². The SMILES string of the molecule is CCN(CCO)c1ccc(NC(C)c2cnccn2)cc1. The van der Waals surface area contributed by atoms with E-state index in [1.807, 2.05) is 12.1 Å². The molecule has 0 aliphatic carbocycles.